The Morgan fingerprint density at radius 1 is 1.12 bits per heavy atom. The molecule has 2 amide bonds. The van der Waals surface area contributed by atoms with Gasteiger partial charge in [0.15, 0.2) is 0 Å². The molecule has 6 nitrogen and oxygen atoms in total. The largest absolute Gasteiger partial charge is 0.382 e. The van der Waals surface area contributed by atoms with Crippen molar-refractivity contribution < 1.29 is 19.1 Å². The number of carbonyl (C=O) groups excluding carboxylic acids is 2. The molecule has 0 aliphatic rings. The molecule has 0 bridgehead atoms. The summed E-state index contributed by atoms with van der Waals surface area (Å²) in [5, 5.41) is 4.74. The highest BCUT2D eigenvalue weighted by Gasteiger charge is 2.19. The SMILES string of the molecule is COCCOCC(=O)N[C@@H](Cc1cccc2ccccc12)C(N)=O. The Labute approximate surface area is 140 Å². The first kappa shape index (κ1) is 17.9. The van der Waals surface area contributed by atoms with Crippen LogP contribution in [0, 0.1) is 0 Å². The molecule has 2 rings (SSSR count). The smallest absolute Gasteiger partial charge is 0.246 e. The Morgan fingerprint density at radius 3 is 2.62 bits per heavy atom. The van der Waals surface area contributed by atoms with Gasteiger partial charge >= 0.3 is 0 Å². The lowest BCUT2D eigenvalue weighted by atomic mass is 9.98. The minimum atomic E-state index is -0.783. The highest BCUT2D eigenvalue weighted by atomic mass is 16.5. The van der Waals surface area contributed by atoms with Gasteiger partial charge in [0.25, 0.3) is 0 Å². The highest BCUT2D eigenvalue weighted by molar-refractivity contribution is 5.89. The van der Waals surface area contributed by atoms with Crippen LogP contribution in [0.3, 0.4) is 0 Å². The number of methoxy groups -OCH3 is 1. The van der Waals surface area contributed by atoms with E-state index in [1.54, 1.807) is 7.11 Å². The molecule has 24 heavy (non-hydrogen) atoms. The van der Waals surface area contributed by atoms with Crippen molar-refractivity contribution in [3.63, 3.8) is 0 Å². The molecular weight excluding hydrogens is 308 g/mol. The topological polar surface area (TPSA) is 90.7 Å². The van der Waals surface area contributed by atoms with Gasteiger partial charge in [0.1, 0.15) is 12.6 Å². The molecule has 3 N–H and O–H groups in total. The Kier molecular flexibility index (Phi) is 6.72. The number of hydrogen-bond donors (Lipinski definition) is 2. The van der Waals surface area contributed by atoms with Crippen LogP contribution in [0.1, 0.15) is 5.56 Å². The van der Waals surface area contributed by atoms with E-state index in [9.17, 15) is 9.59 Å². The zero-order chi connectivity index (χ0) is 17.4. The Hall–Kier alpha value is -2.44. The number of ether oxygens (including phenoxy) is 2. The fourth-order valence-corrected chi connectivity index (χ4v) is 2.46. The molecule has 0 radical (unpaired) electrons. The Morgan fingerprint density at radius 2 is 1.88 bits per heavy atom. The van der Waals surface area contributed by atoms with E-state index in [-0.39, 0.29) is 12.5 Å². The second-order valence-electron chi connectivity index (χ2n) is 5.41. The van der Waals surface area contributed by atoms with E-state index in [0.29, 0.717) is 19.6 Å². The molecule has 6 heteroatoms. The van der Waals surface area contributed by atoms with Gasteiger partial charge < -0.3 is 20.5 Å². The summed E-state index contributed by atoms with van der Waals surface area (Å²) < 4.78 is 9.98. The molecule has 2 aromatic rings. The van der Waals surface area contributed by atoms with Crippen LogP contribution in [0.15, 0.2) is 42.5 Å². The monoisotopic (exact) mass is 330 g/mol. The molecule has 0 unspecified atom stereocenters. The molecule has 0 fully saturated rings. The van der Waals surface area contributed by atoms with Crippen molar-refractivity contribution in [1.29, 1.82) is 0 Å². The first-order valence-corrected chi connectivity index (χ1v) is 7.74. The number of hydrogen-bond acceptors (Lipinski definition) is 4. The molecule has 128 valence electrons. The summed E-state index contributed by atoms with van der Waals surface area (Å²) in [5.74, 6) is -0.955. The van der Waals surface area contributed by atoms with Gasteiger partial charge in [-0.25, -0.2) is 0 Å². The van der Waals surface area contributed by atoms with Crippen molar-refractivity contribution in [3.05, 3.63) is 48.0 Å². The van der Waals surface area contributed by atoms with Gasteiger partial charge in [-0.3, -0.25) is 9.59 Å². The quantitative estimate of drug-likeness (QED) is 0.672. The number of amides is 2. The lowest BCUT2D eigenvalue weighted by Gasteiger charge is -2.17. The summed E-state index contributed by atoms with van der Waals surface area (Å²) in [5.41, 5.74) is 6.39. The summed E-state index contributed by atoms with van der Waals surface area (Å²) >= 11 is 0. The lowest BCUT2D eigenvalue weighted by molar-refractivity contribution is -0.130. The number of nitrogens with one attached hydrogen (secondary N) is 1. The van der Waals surface area contributed by atoms with Crippen LogP contribution in [0.5, 0.6) is 0 Å². The van der Waals surface area contributed by atoms with Gasteiger partial charge in [-0.05, 0) is 16.3 Å². The fourth-order valence-electron chi connectivity index (χ4n) is 2.46. The average Bonchev–Trinajstić information content (AvgIpc) is 2.58. The standard InChI is InChI=1S/C18H22N2O4/c1-23-9-10-24-12-17(21)20-16(18(19)22)11-14-7-4-6-13-5-2-3-8-15(13)14/h2-8,16H,9-12H2,1H3,(H2,19,22)(H,20,21)/t16-/m0/s1. The van der Waals surface area contributed by atoms with Crippen molar-refractivity contribution >= 4 is 22.6 Å². The third-order valence-electron chi connectivity index (χ3n) is 3.65. The van der Waals surface area contributed by atoms with E-state index in [0.717, 1.165) is 16.3 Å². The summed E-state index contributed by atoms with van der Waals surface area (Å²) in [6.07, 6.45) is 0.334. The fraction of sp³-hybridized carbons (Fsp3) is 0.333. The second-order valence-corrected chi connectivity index (χ2v) is 5.41. The van der Waals surface area contributed by atoms with Crippen molar-refractivity contribution in [1.82, 2.24) is 5.32 Å². The van der Waals surface area contributed by atoms with E-state index in [2.05, 4.69) is 5.32 Å². The average molecular weight is 330 g/mol. The summed E-state index contributed by atoms with van der Waals surface area (Å²) in [4.78, 5) is 23.6. The van der Waals surface area contributed by atoms with Gasteiger partial charge in [0.05, 0.1) is 13.2 Å². The number of nitrogens with two attached hydrogens (primary N) is 1. The maximum Gasteiger partial charge on any atom is 0.246 e. The molecule has 0 aliphatic heterocycles. The number of fused-ring (bicyclic) bond motifs is 1. The predicted octanol–water partition coefficient (Wildman–Crippen LogP) is 1.02. The van der Waals surface area contributed by atoms with E-state index < -0.39 is 11.9 Å². The second kappa shape index (κ2) is 9.00. The molecule has 0 aromatic heterocycles. The van der Waals surface area contributed by atoms with E-state index in [1.807, 2.05) is 42.5 Å². The molecule has 1 atom stereocenters. The van der Waals surface area contributed by atoms with E-state index in [4.69, 9.17) is 15.2 Å². The minimum absolute atomic E-state index is 0.136. The first-order chi connectivity index (χ1) is 11.6. The number of benzene rings is 2. The van der Waals surface area contributed by atoms with Crippen LogP contribution in [0.4, 0.5) is 0 Å². The maximum absolute atomic E-state index is 11.9. The number of primary amides is 1. The van der Waals surface area contributed by atoms with E-state index in [1.165, 1.54) is 0 Å². The van der Waals surface area contributed by atoms with Gasteiger partial charge in [0.2, 0.25) is 11.8 Å². The summed E-state index contributed by atoms with van der Waals surface area (Å²) in [6.45, 7) is 0.583. The molecule has 0 heterocycles. The minimum Gasteiger partial charge on any atom is -0.382 e. The normalized spacial score (nSPS) is 12.0. The van der Waals surface area contributed by atoms with Crippen molar-refractivity contribution in [3.8, 4) is 0 Å². The zero-order valence-corrected chi connectivity index (χ0v) is 13.7. The zero-order valence-electron chi connectivity index (χ0n) is 13.7. The van der Waals surface area contributed by atoms with Gasteiger partial charge in [0, 0.05) is 13.5 Å². The Balaban J connectivity index is 2.03. The summed E-state index contributed by atoms with van der Waals surface area (Å²) in [7, 11) is 1.55. The number of rotatable bonds is 9. The van der Waals surface area contributed by atoms with Gasteiger partial charge in [-0.15, -0.1) is 0 Å². The lowest BCUT2D eigenvalue weighted by Crippen LogP contribution is -2.47. The van der Waals surface area contributed by atoms with Crippen molar-refractivity contribution in [2.75, 3.05) is 26.9 Å². The Bertz CT molecular complexity index is 697. The highest BCUT2D eigenvalue weighted by Crippen LogP contribution is 2.19. The molecule has 0 saturated heterocycles. The summed E-state index contributed by atoms with van der Waals surface area (Å²) in [6, 6.07) is 12.9. The van der Waals surface area contributed by atoms with Crippen LogP contribution >= 0.6 is 0 Å². The first-order valence-electron chi connectivity index (χ1n) is 7.74. The molecule has 0 aliphatic carbocycles. The van der Waals surface area contributed by atoms with Crippen LogP contribution in [0.25, 0.3) is 10.8 Å². The van der Waals surface area contributed by atoms with Crippen LogP contribution in [0.2, 0.25) is 0 Å². The molecular formula is C18H22N2O4. The van der Waals surface area contributed by atoms with Crippen LogP contribution in [-0.2, 0) is 25.5 Å². The maximum atomic E-state index is 11.9. The van der Waals surface area contributed by atoms with Crippen molar-refractivity contribution in [2.45, 2.75) is 12.5 Å². The van der Waals surface area contributed by atoms with Gasteiger partial charge in [-0.1, -0.05) is 42.5 Å². The number of carbonyl (C=O) groups is 2. The molecule has 2 aromatic carbocycles. The van der Waals surface area contributed by atoms with Gasteiger partial charge in [-0.2, -0.15) is 0 Å². The third-order valence-corrected chi connectivity index (χ3v) is 3.65. The third kappa shape index (κ3) is 5.04. The van der Waals surface area contributed by atoms with Crippen LogP contribution in [-0.4, -0.2) is 44.8 Å². The van der Waals surface area contributed by atoms with E-state index >= 15 is 0 Å². The molecule has 0 spiro atoms. The predicted molar refractivity (Wildman–Crippen MR) is 91.5 cm³/mol. The van der Waals surface area contributed by atoms with Crippen LogP contribution < -0.4 is 11.1 Å². The van der Waals surface area contributed by atoms with Crippen molar-refractivity contribution in [2.24, 2.45) is 5.73 Å². The molecule has 0 saturated carbocycles.